The van der Waals surface area contributed by atoms with Crippen molar-refractivity contribution in [2.24, 2.45) is 0 Å². The van der Waals surface area contributed by atoms with Gasteiger partial charge in [-0.25, -0.2) is 0 Å². The van der Waals surface area contributed by atoms with E-state index in [0.29, 0.717) is 5.52 Å². The molecule has 1 heterocycles. The number of phenolic OH excluding ortho intramolecular Hbond substituents is 1. The van der Waals surface area contributed by atoms with Crippen LogP contribution in [0, 0.1) is 6.20 Å². The molecule has 62 valence electrons. The molecule has 3 heteroatoms. The number of rotatable bonds is 0. The van der Waals surface area contributed by atoms with Gasteiger partial charge in [-0.3, -0.25) is 0 Å². The average Bonchev–Trinajstić information content (AvgIpc) is 2.06. The first-order valence-corrected chi connectivity index (χ1v) is 3.33. The van der Waals surface area contributed by atoms with Gasteiger partial charge < -0.3 is 10.1 Å². The molecule has 0 fully saturated rings. The third-order valence-corrected chi connectivity index (χ3v) is 1.56. The van der Waals surface area contributed by atoms with Gasteiger partial charge in [0.05, 0.1) is 5.75 Å². The molecule has 0 saturated heterocycles. The van der Waals surface area contributed by atoms with Crippen molar-refractivity contribution < 1.29 is 22.2 Å². The summed E-state index contributed by atoms with van der Waals surface area (Å²) in [6.45, 7) is 0. The zero-order chi connectivity index (χ0) is 7.68. The molecule has 0 aliphatic heterocycles. The Bertz CT molecular complexity index is 384. The molecule has 0 atom stereocenters. The molecule has 1 N–H and O–H groups in total. The SMILES string of the molecule is Oc1cccc2cc[c-]nc12.[Fe]. The predicted octanol–water partition coefficient (Wildman–Crippen LogP) is 1.74. The number of para-hydroxylation sites is 1. The van der Waals surface area contributed by atoms with Crippen molar-refractivity contribution in [3.8, 4) is 5.75 Å². The molecule has 2 rings (SSSR count). The Kier molecular flexibility index (Phi) is 2.69. The molecule has 0 aliphatic rings. The first kappa shape index (κ1) is 9.04. The van der Waals surface area contributed by atoms with Gasteiger partial charge in [-0.1, -0.05) is 18.3 Å². The fourth-order valence-corrected chi connectivity index (χ4v) is 1.03. The number of phenols is 1. The van der Waals surface area contributed by atoms with E-state index in [0.717, 1.165) is 5.39 Å². The minimum Gasteiger partial charge on any atom is -0.519 e. The second-order valence-electron chi connectivity index (χ2n) is 2.29. The fraction of sp³-hybridized carbons (Fsp3) is 0. The van der Waals surface area contributed by atoms with Crippen LogP contribution in [0.4, 0.5) is 0 Å². The fourth-order valence-electron chi connectivity index (χ4n) is 1.03. The number of aromatic nitrogens is 1. The van der Waals surface area contributed by atoms with Crippen LogP contribution in [0.15, 0.2) is 30.3 Å². The van der Waals surface area contributed by atoms with Crippen LogP contribution < -0.4 is 0 Å². The summed E-state index contributed by atoms with van der Waals surface area (Å²) in [4.78, 5) is 3.91. The van der Waals surface area contributed by atoms with Crippen LogP contribution in [0.5, 0.6) is 5.75 Å². The largest absolute Gasteiger partial charge is 0.519 e. The molecular formula is C9H6FeNO-. The van der Waals surface area contributed by atoms with Crippen LogP contribution in [-0.4, -0.2) is 10.1 Å². The van der Waals surface area contributed by atoms with Crippen LogP contribution in [0.25, 0.3) is 10.9 Å². The van der Waals surface area contributed by atoms with E-state index in [1.807, 2.05) is 12.1 Å². The van der Waals surface area contributed by atoms with Crippen LogP contribution in [0.2, 0.25) is 0 Å². The van der Waals surface area contributed by atoms with Crippen molar-refractivity contribution in [3.63, 3.8) is 0 Å². The van der Waals surface area contributed by atoms with Gasteiger partial charge in [-0.05, 0) is 11.6 Å². The predicted molar refractivity (Wildman–Crippen MR) is 42.2 cm³/mol. The smallest absolute Gasteiger partial charge is 0.0860 e. The standard InChI is InChI=1S/C9H6NO.Fe/c11-8-5-1-3-7-4-2-6-10-9(7)8;/h1-5,11H;/q-1;. The van der Waals surface area contributed by atoms with Crippen molar-refractivity contribution >= 4 is 10.9 Å². The second-order valence-corrected chi connectivity index (χ2v) is 2.29. The van der Waals surface area contributed by atoms with E-state index < -0.39 is 0 Å². The number of fused-ring (bicyclic) bond motifs is 1. The summed E-state index contributed by atoms with van der Waals surface area (Å²) in [6, 6.07) is 8.89. The Hall–Kier alpha value is -1.05. The Morgan fingerprint density at radius 1 is 1.25 bits per heavy atom. The quantitative estimate of drug-likeness (QED) is 0.518. The van der Waals surface area contributed by atoms with Gasteiger partial charge in [-0.2, -0.15) is 12.1 Å². The monoisotopic (exact) mass is 200 g/mol. The molecule has 0 aliphatic carbocycles. The Balaban J connectivity index is 0.000000720. The number of hydrogen-bond acceptors (Lipinski definition) is 2. The number of aromatic hydroxyl groups is 1. The molecule has 12 heavy (non-hydrogen) atoms. The minimum atomic E-state index is 0. The van der Waals surface area contributed by atoms with Crippen molar-refractivity contribution in [1.82, 2.24) is 4.98 Å². The summed E-state index contributed by atoms with van der Waals surface area (Å²) in [5.41, 5.74) is 0.606. The summed E-state index contributed by atoms with van der Waals surface area (Å²) >= 11 is 0. The minimum absolute atomic E-state index is 0. The maximum Gasteiger partial charge on any atom is 0.0860 e. The summed E-state index contributed by atoms with van der Waals surface area (Å²) < 4.78 is 0. The van der Waals surface area contributed by atoms with E-state index in [2.05, 4.69) is 11.2 Å². The average molecular weight is 200 g/mol. The van der Waals surface area contributed by atoms with E-state index in [4.69, 9.17) is 0 Å². The van der Waals surface area contributed by atoms with E-state index in [1.54, 1.807) is 18.2 Å². The molecule has 0 spiro atoms. The molecule has 0 bridgehead atoms. The van der Waals surface area contributed by atoms with Crippen molar-refractivity contribution in [1.29, 1.82) is 0 Å². The van der Waals surface area contributed by atoms with Crippen LogP contribution in [-0.2, 0) is 17.1 Å². The van der Waals surface area contributed by atoms with Gasteiger partial charge in [0.25, 0.3) is 0 Å². The number of benzene rings is 1. The molecule has 0 radical (unpaired) electrons. The zero-order valence-corrected chi connectivity index (χ0v) is 7.24. The summed E-state index contributed by atoms with van der Waals surface area (Å²) in [5.74, 6) is 0.208. The van der Waals surface area contributed by atoms with Gasteiger partial charge in [0, 0.05) is 17.1 Å². The number of hydrogen-bond donors (Lipinski definition) is 1. The van der Waals surface area contributed by atoms with E-state index in [-0.39, 0.29) is 22.8 Å². The molecule has 0 amide bonds. The molecular weight excluding hydrogens is 194 g/mol. The van der Waals surface area contributed by atoms with Gasteiger partial charge in [0.1, 0.15) is 0 Å². The maximum atomic E-state index is 9.29. The second kappa shape index (κ2) is 3.57. The summed E-state index contributed by atoms with van der Waals surface area (Å²) in [7, 11) is 0. The van der Waals surface area contributed by atoms with Gasteiger partial charge in [0.15, 0.2) is 0 Å². The van der Waals surface area contributed by atoms with Crippen LogP contribution >= 0.6 is 0 Å². The first-order chi connectivity index (χ1) is 5.38. The third kappa shape index (κ3) is 1.42. The molecule has 2 aromatic rings. The van der Waals surface area contributed by atoms with Gasteiger partial charge in [0.2, 0.25) is 0 Å². The summed E-state index contributed by atoms with van der Waals surface area (Å²) in [6.07, 6.45) is 2.67. The normalized spacial score (nSPS) is 9.33. The summed E-state index contributed by atoms with van der Waals surface area (Å²) in [5, 5.41) is 10.2. The van der Waals surface area contributed by atoms with Crippen LogP contribution in [0.1, 0.15) is 0 Å². The molecule has 2 nitrogen and oxygen atoms in total. The third-order valence-electron chi connectivity index (χ3n) is 1.56. The van der Waals surface area contributed by atoms with Gasteiger partial charge in [-0.15, -0.1) is 5.39 Å². The van der Waals surface area contributed by atoms with Crippen molar-refractivity contribution in [2.45, 2.75) is 0 Å². The number of pyridine rings is 1. The van der Waals surface area contributed by atoms with Crippen molar-refractivity contribution in [2.75, 3.05) is 0 Å². The van der Waals surface area contributed by atoms with E-state index in [1.165, 1.54) is 0 Å². The van der Waals surface area contributed by atoms with Crippen LogP contribution in [0.3, 0.4) is 0 Å². The molecule has 1 aromatic carbocycles. The molecule has 1 aromatic heterocycles. The Morgan fingerprint density at radius 3 is 2.83 bits per heavy atom. The van der Waals surface area contributed by atoms with Gasteiger partial charge >= 0.3 is 0 Å². The Morgan fingerprint density at radius 2 is 2.08 bits per heavy atom. The molecule has 0 unspecified atom stereocenters. The van der Waals surface area contributed by atoms with E-state index >= 15 is 0 Å². The maximum absolute atomic E-state index is 9.29. The zero-order valence-electron chi connectivity index (χ0n) is 6.13. The van der Waals surface area contributed by atoms with E-state index in [9.17, 15) is 5.11 Å². The Labute approximate surface area is 80.7 Å². The first-order valence-electron chi connectivity index (χ1n) is 3.33. The number of nitrogens with zero attached hydrogens (tertiary/aromatic N) is 1. The van der Waals surface area contributed by atoms with Crippen molar-refractivity contribution in [3.05, 3.63) is 36.5 Å². The topological polar surface area (TPSA) is 33.1 Å². The molecule has 0 saturated carbocycles.